The number of aryl methyl sites for hydroxylation is 1. The minimum absolute atomic E-state index is 0.0431. The molecule has 4 rings (SSSR count). The van der Waals surface area contributed by atoms with Crippen molar-refractivity contribution in [2.24, 2.45) is 0 Å². The molecule has 1 saturated heterocycles. The number of sulfone groups is 1. The van der Waals surface area contributed by atoms with Gasteiger partial charge in [0, 0.05) is 36.1 Å². The second kappa shape index (κ2) is 6.91. The van der Waals surface area contributed by atoms with Gasteiger partial charge in [-0.15, -0.1) is 0 Å². The first-order valence-corrected chi connectivity index (χ1v) is 11.4. The van der Waals surface area contributed by atoms with Crippen LogP contribution in [0.4, 0.5) is 0 Å². The van der Waals surface area contributed by atoms with Gasteiger partial charge < -0.3 is 4.57 Å². The van der Waals surface area contributed by atoms with E-state index in [-0.39, 0.29) is 23.3 Å². The molecule has 3 heterocycles. The van der Waals surface area contributed by atoms with E-state index in [1.807, 2.05) is 26.0 Å². The summed E-state index contributed by atoms with van der Waals surface area (Å²) in [6, 6.07) is 10.3. The number of ketones is 1. The van der Waals surface area contributed by atoms with E-state index in [0.29, 0.717) is 13.0 Å². The Kier molecular flexibility index (Phi) is 4.72. The summed E-state index contributed by atoms with van der Waals surface area (Å²) in [7, 11) is -2.95. The summed E-state index contributed by atoms with van der Waals surface area (Å²) in [6.07, 6.45) is 1.61. The minimum atomic E-state index is -2.95. The summed E-state index contributed by atoms with van der Waals surface area (Å²) in [6.45, 7) is 6.01. The third kappa shape index (κ3) is 3.60. The van der Waals surface area contributed by atoms with Crippen molar-refractivity contribution in [2.45, 2.75) is 39.3 Å². The van der Waals surface area contributed by atoms with E-state index in [0.717, 1.165) is 36.5 Å². The number of Topliss-reactive ketones (excluding diaryl/α,β-unsaturated/α-hetero) is 1. The zero-order chi connectivity index (χ0) is 19.2. The molecule has 0 saturated carbocycles. The van der Waals surface area contributed by atoms with E-state index >= 15 is 0 Å². The Morgan fingerprint density at radius 1 is 1.19 bits per heavy atom. The van der Waals surface area contributed by atoms with E-state index < -0.39 is 9.84 Å². The predicted octanol–water partition coefficient (Wildman–Crippen LogP) is 2.71. The monoisotopic (exact) mass is 386 g/mol. The van der Waals surface area contributed by atoms with Crippen molar-refractivity contribution in [1.29, 1.82) is 0 Å². The fraction of sp³-hybridized carbons (Fsp3) is 0.476. The van der Waals surface area contributed by atoms with Crippen LogP contribution in [0.5, 0.6) is 0 Å². The van der Waals surface area contributed by atoms with Crippen LogP contribution in [-0.4, -0.2) is 48.3 Å². The molecule has 1 atom stereocenters. The van der Waals surface area contributed by atoms with Gasteiger partial charge in [-0.2, -0.15) is 0 Å². The maximum atomic E-state index is 13.0. The molecule has 1 fully saturated rings. The van der Waals surface area contributed by atoms with Gasteiger partial charge in [0.05, 0.1) is 18.1 Å². The highest BCUT2D eigenvalue weighted by atomic mass is 32.2. The van der Waals surface area contributed by atoms with Gasteiger partial charge >= 0.3 is 0 Å². The normalized spacial score (nSPS) is 21.9. The molecule has 5 nitrogen and oxygen atoms in total. The molecule has 0 N–H and O–H groups in total. The lowest BCUT2D eigenvalue weighted by Crippen LogP contribution is -2.35. The molecular formula is C21H26N2O3S. The molecule has 6 heteroatoms. The maximum absolute atomic E-state index is 13.0. The second-order valence-electron chi connectivity index (χ2n) is 7.86. The van der Waals surface area contributed by atoms with E-state index in [4.69, 9.17) is 0 Å². The van der Waals surface area contributed by atoms with Crippen LogP contribution in [0.3, 0.4) is 0 Å². The van der Waals surface area contributed by atoms with Crippen LogP contribution in [0.25, 0.3) is 0 Å². The van der Waals surface area contributed by atoms with Crippen LogP contribution in [0.2, 0.25) is 0 Å². The molecule has 2 aliphatic heterocycles. The van der Waals surface area contributed by atoms with Gasteiger partial charge in [0.1, 0.15) is 0 Å². The molecule has 2 aliphatic rings. The Labute approximate surface area is 160 Å². The highest BCUT2D eigenvalue weighted by Gasteiger charge is 2.32. The molecule has 144 valence electrons. The fourth-order valence-corrected chi connectivity index (χ4v) is 6.28. The Morgan fingerprint density at radius 3 is 2.63 bits per heavy atom. The molecule has 2 aromatic rings. The van der Waals surface area contributed by atoms with Crippen molar-refractivity contribution in [1.82, 2.24) is 9.47 Å². The average Bonchev–Trinajstić information content (AvgIpc) is 3.13. The topological polar surface area (TPSA) is 59.4 Å². The number of rotatable bonds is 4. The van der Waals surface area contributed by atoms with Crippen LogP contribution in [0.1, 0.15) is 45.3 Å². The summed E-state index contributed by atoms with van der Waals surface area (Å²) in [5.74, 6) is 0.542. The number of nitrogens with zero attached hydrogens (tertiary/aromatic N) is 2. The molecule has 1 aromatic carbocycles. The number of hydrogen-bond donors (Lipinski definition) is 0. The predicted molar refractivity (Wildman–Crippen MR) is 106 cm³/mol. The van der Waals surface area contributed by atoms with Crippen LogP contribution in [-0.2, 0) is 22.8 Å². The first-order valence-electron chi connectivity index (χ1n) is 9.55. The number of carbonyl (C=O) groups is 1. The van der Waals surface area contributed by atoms with Gasteiger partial charge in [-0.25, -0.2) is 8.42 Å². The number of benzene rings is 1. The lowest BCUT2D eigenvalue weighted by Gasteiger charge is -2.28. The zero-order valence-electron chi connectivity index (χ0n) is 15.9. The Bertz CT molecular complexity index is 991. The third-order valence-corrected chi connectivity index (χ3v) is 7.69. The van der Waals surface area contributed by atoms with Crippen molar-refractivity contribution in [3.8, 4) is 0 Å². The second-order valence-corrected chi connectivity index (χ2v) is 10.1. The molecule has 0 unspecified atom stereocenters. The third-order valence-electron chi connectivity index (χ3n) is 5.94. The van der Waals surface area contributed by atoms with Crippen LogP contribution in [0.15, 0.2) is 30.3 Å². The van der Waals surface area contributed by atoms with Gasteiger partial charge in [-0.3, -0.25) is 9.69 Å². The lowest BCUT2D eigenvalue weighted by molar-refractivity contribution is 0.0920. The smallest absolute Gasteiger partial charge is 0.178 e. The summed E-state index contributed by atoms with van der Waals surface area (Å²) >= 11 is 0. The van der Waals surface area contributed by atoms with Crippen LogP contribution < -0.4 is 0 Å². The van der Waals surface area contributed by atoms with Crippen molar-refractivity contribution >= 4 is 15.6 Å². The average molecular weight is 387 g/mol. The molecule has 0 spiro atoms. The number of aromatic nitrogens is 1. The summed E-state index contributed by atoms with van der Waals surface area (Å²) in [5, 5.41) is 0. The fourth-order valence-electron chi connectivity index (χ4n) is 4.58. The van der Waals surface area contributed by atoms with E-state index in [1.54, 1.807) is 0 Å². The van der Waals surface area contributed by atoms with E-state index in [2.05, 4.69) is 27.7 Å². The summed E-state index contributed by atoms with van der Waals surface area (Å²) in [4.78, 5) is 15.2. The van der Waals surface area contributed by atoms with Gasteiger partial charge in [0.15, 0.2) is 15.6 Å². The summed E-state index contributed by atoms with van der Waals surface area (Å²) < 4.78 is 25.8. The van der Waals surface area contributed by atoms with Crippen molar-refractivity contribution < 1.29 is 13.2 Å². The molecule has 27 heavy (non-hydrogen) atoms. The largest absolute Gasteiger partial charge is 0.344 e. The molecule has 1 aromatic heterocycles. The zero-order valence-corrected chi connectivity index (χ0v) is 16.8. The van der Waals surface area contributed by atoms with Gasteiger partial charge in [-0.05, 0) is 43.9 Å². The van der Waals surface area contributed by atoms with Crippen molar-refractivity contribution in [3.05, 3.63) is 58.4 Å². The first-order chi connectivity index (χ1) is 12.8. The van der Waals surface area contributed by atoms with E-state index in [9.17, 15) is 13.2 Å². The van der Waals surface area contributed by atoms with Gasteiger partial charge in [-0.1, -0.05) is 24.3 Å². The Morgan fingerprint density at radius 2 is 1.93 bits per heavy atom. The summed E-state index contributed by atoms with van der Waals surface area (Å²) in [5.41, 5.74) is 5.29. The Hall–Kier alpha value is -1.92. The van der Waals surface area contributed by atoms with Crippen molar-refractivity contribution in [3.63, 3.8) is 0 Å². The minimum Gasteiger partial charge on any atom is -0.344 e. The Balaban J connectivity index is 1.51. The SMILES string of the molecule is Cc1cc(C(=O)CN2CCc3ccccc3C2)c(C)n1[C@H]1CCS(=O)(=O)C1. The quantitative estimate of drug-likeness (QED) is 0.758. The molecule has 0 aliphatic carbocycles. The van der Waals surface area contributed by atoms with Gasteiger partial charge in [0.25, 0.3) is 0 Å². The number of carbonyl (C=O) groups excluding carboxylic acids is 1. The molecular weight excluding hydrogens is 360 g/mol. The molecule has 0 bridgehead atoms. The van der Waals surface area contributed by atoms with Crippen LogP contribution >= 0.6 is 0 Å². The van der Waals surface area contributed by atoms with Gasteiger partial charge in [0.2, 0.25) is 0 Å². The lowest BCUT2D eigenvalue weighted by atomic mass is 9.99. The van der Waals surface area contributed by atoms with Crippen molar-refractivity contribution in [2.75, 3.05) is 24.6 Å². The highest BCUT2D eigenvalue weighted by molar-refractivity contribution is 7.91. The molecule has 0 amide bonds. The van der Waals surface area contributed by atoms with Crippen LogP contribution in [0, 0.1) is 13.8 Å². The maximum Gasteiger partial charge on any atom is 0.178 e. The first kappa shape index (κ1) is 18.4. The van der Waals surface area contributed by atoms with E-state index in [1.165, 1.54) is 11.1 Å². The highest BCUT2D eigenvalue weighted by Crippen LogP contribution is 2.29. The standard InChI is InChI=1S/C21H26N2O3S/c1-15-11-20(16(2)23(15)19-8-10-27(25,26)14-19)21(24)13-22-9-7-17-5-3-4-6-18(17)12-22/h3-6,11,19H,7-10,12-14H2,1-2H3/t19-/m0/s1. The number of hydrogen-bond acceptors (Lipinski definition) is 4. The number of fused-ring (bicyclic) bond motifs is 1. The molecule has 0 radical (unpaired) electrons.